The number of rotatable bonds is 12. The molecule has 4 atom stereocenters. The Labute approximate surface area is 317 Å². The molecule has 1 aromatic heterocycles. The highest BCUT2D eigenvalue weighted by molar-refractivity contribution is 5.97. The van der Waals surface area contributed by atoms with Crippen LogP contribution in [0.1, 0.15) is 36.8 Å². The second-order valence-corrected chi connectivity index (χ2v) is 13.4. The maximum absolute atomic E-state index is 14.0. The van der Waals surface area contributed by atoms with E-state index in [0.29, 0.717) is 12.8 Å². The van der Waals surface area contributed by atoms with Gasteiger partial charge in [-0.3, -0.25) is 34.0 Å². The average molecular weight is 753 g/mol. The maximum Gasteiger partial charge on any atom is 0.243 e. The average Bonchev–Trinajstić information content (AvgIpc) is 3.57. The van der Waals surface area contributed by atoms with Crippen molar-refractivity contribution in [2.45, 2.75) is 62.7 Å². The van der Waals surface area contributed by atoms with E-state index in [1.165, 1.54) is 0 Å². The first-order valence-electron chi connectivity index (χ1n) is 18.1. The van der Waals surface area contributed by atoms with Gasteiger partial charge >= 0.3 is 0 Å². The number of benzene rings is 3. The van der Waals surface area contributed by atoms with Crippen LogP contribution in [0.5, 0.6) is 0 Å². The first-order chi connectivity index (χ1) is 26.5. The fourth-order valence-electron chi connectivity index (χ4n) is 6.44. The highest BCUT2D eigenvalue weighted by atomic mass is 16.2. The number of para-hydroxylation sites is 1. The van der Waals surface area contributed by atoms with Crippen LogP contribution in [-0.2, 0) is 36.8 Å². The summed E-state index contributed by atoms with van der Waals surface area (Å²) in [5.74, 6) is -3.50. The number of H-pyrrole nitrogens is 1. The van der Waals surface area contributed by atoms with Gasteiger partial charge < -0.3 is 54.5 Å². The Hall–Kier alpha value is -6.65. The predicted octanol–water partition coefficient (Wildman–Crippen LogP) is -0.717. The van der Waals surface area contributed by atoms with Crippen molar-refractivity contribution in [1.29, 1.82) is 0 Å². The zero-order chi connectivity index (χ0) is 39.3. The quantitative estimate of drug-likeness (QED) is 0.0496. The predicted molar refractivity (Wildman–Crippen MR) is 210 cm³/mol. The summed E-state index contributed by atoms with van der Waals surface area (Å²) in [5, 5.41) is 16.5. The number of nitrogens with two attached hydrogens (primary N) is 4. The summed E-state index contributed by atoms with van der Waals surface area (Å²) < 4.78 is 0. The molecule has 3 aromatic carbocycles. The fourth-order valence-corrected chi connectivity index (χ4v) is 6.44. The van der Waals surface area contributed by atoms with Crippen molar-refractivity contribution in [3.05, 3.63) is 84.1 Å². The molecule has 1 aliphatic rings. The van der Waals surface area contributed by atoms with Gasteiger partial charge in [-0.1, -0.05) is 60.7 Å². The van der Waals surface area contributed by atoms with E-state index < -0.39 is 60.2 Å². The number of guanidine groups is 2. The third-order valence-electron chi connectivity index (χ3n) is 9.22. The summed E-state index contributed by atoms with van der Waals surface area (Å²) in [6.45, 7) is -0.142. The molecule has 55 heavy (non-hydrogen) atoms. The van der Waals surface area contributed by atoms with Crippen LogP contribution in [-0.4, -0.2) is 90.2 Å². The number of aliphatic imine (C=N–C) groups is 2. The molecule has 5 amide bonds. The first-order valence-corrected chi connectivity index (χ1v) is 18.1. The molecule has 0 spiro atoms. The van der Waals surface area contributed by atoms with E-state index in [-0.39, 0.29) is 50.7 Å². The van der Waals surface area contributed by atoms with Crippen LogP contribution in [0.3, 0.4) is 0 Å². The van der Waals surface area contributed by atoms with Crippen molar-refractivity contribution in [3.63, 3.8) is 0 Å². The van der Waals surface area contributed by atoms with E-state index in [2.05, 4.69) is 41.6 Å². The standard InChI is InChI=1S/C38H48N12O5/c39-37(40)43-15-5-11-28-34(53)48-29(12-6-16-44-38(41)42)35(54)50-30(18-22-13-14-23-7-1-2-8-24(23)17-22)33(52)46-21-32(51)47-31(36(55)49-28)19-25-20-45-27-10-4-3-9-26(25)27/h1-4,7-10,13-14,17,20,28-31,45H,5-6,11-12,15-16,18-19,21H2,(H,46,52)(H,47,51)(H,48,53)(H,49,55)(H,50,54)(H4,39,40,43)(H4,41,42,44)/t28-,29-,30-,31-/m0/s1. The number of carbonyl (C=O) groups is 5. The van der Waals surface area contributed by atoms with Gasteiger partial charge in [-0.15, -0.1) is 0 Å². The Bertz CT molecular complexity index is 2070. The SMILES string of the molecule is NC(N)=NCCC[C@@H]1NC(=O)[C@H](Cc2c[nH]c3ccccc23)NC(=O)CNC(=O)[C@H](Cc2ccc3ccccc3c2)NC(=O)[C@H](CCCN=C(N)N)NC1=O. The van der Waals surface area contributed by atoms with E-state index in [0.717, 1.165) is 32.8 Å². The summed E-state index contributed by atoms with van der Waals surface area (Å²) in [6.07, 6.45) is 2.67. The molecule has 2 heterocycles. The van der Waals surface area contributed by atoms with Gasteiger partial charge in [0.05, 0.1) is 6.54 Å². The molecular formula is C38H48N12O5. The maximum atomic E-state index is 14.0. The monoisotopic (exact) mass is 752 g/mol. The number of aromatic amines is 1. The molecule has 0 saturated carbocycles. The van der Waals surface area contributed by atoms with E-state index in [1.54, 1.807) is 6.20 Å². The molecule has 1 fully saturated rings. The molecule has 4 aromatic rings. The zero-order valence-electron chi connectivity index (χ0n) is 30.3. The summed E-state index contributed by atoms with van der Waals surface area (Å²) >= 11 is 0. The zero-order valence-corrected chi connectivity index (χ0v) is 30.3. The van der Waals surface area contributed by atoms with Crippen molar-refractivity contribution >= 4 is 63.1 Å². The van der Waals surface area contributed by atoms with Gasteiger partial charge in [0.25, 0.3) is 0 Å². The van der Waals surface area contributed by atoms with Crippen LogP contribution in [0.25, 0.3) is 21.7 Å². The topological polar surface area (TPSA) is 290 Å². The lowest BCUT2D eigenvalue weighted by Crippen LogP contribution is -2.58. The highest BCUT2D eigenvalue weighted by Crippen LogP contribution is 2.20. The molecule has 17 heteroatoms. The smallest absolute Gasteiger partial charge is 0.243 e. The Balaban J connectivity index is 1.47. The van der Waals surface area contributed by atoms with Gasteiger partial charge in [-0.25, -0.2) is 0 Å². The second kappa shape index (κ2) is 18.9. The van der Waals surface area contributed by atoms with Gasteiger partial charge in [-0.05, 0) is 53.6 Å². The minimum Gasteiger partial charge on any atom is -0.370 e. The summed E-state index contributed by atoms with van der Waals surface area (Å²) in [6, 6.07) is 16.3. The molecule has 17 nitrogen and oxygen atoms in total. The Morgan fingerprint density at radius 3 is 1.84 bits per heavy atom. The summed E-state index contributed by atoms with van der Waals surface area (Å²) in [7, 11) is 0. The van der Waals surface area contributed by atoms with Crippen molar-refractivity contribution in [2.24, 2.45) is 32.9 Å². The van der Waals surface area contributed by atoms with Crippen LogP contribution in [0.4, 0.5) is 0 Å². The Kier molecular flexibility index (Phi) is 13.6. The van der Waals surface area contributed by atoms with E-state index in [9.17, 15) is 24.0 Å². The largest absolute Gasteiger partial charge is 0.370 e. The molecule has 0 aliphatic carbocycles. The molecule has 1 aliphatic heterocycles. The molecule has 0 bridgehead atoms. The molecule has 1 saturated heterocycles. The molecule has 0 unspecified atom stereocenters. The number of hydrogen-bond acceptors (Lipinski definition) is 7. The number of aromatic nitrogens is 1. The molecule has 0 radical (unpaired) electrons. The van der Waals surface area contributed by atoms with Crippen molar-refractivity contribution in [1.82, 2.24) is 31.6 Å². The van der Waals surface area contributed by atoms with E-state index >= 15 is 0 Å². The second-order valence-electron chi connectivity index (χ2n) is 13.4. The lowest BCUT2D eigenvalue weighted by molar-refractivity contribution is -0.134. The first kappa shape index (κ1) is 39.6. The normalized spacial score (nSPS) is 19.9. The van der Waals surface area contributed by atoms with Crippen LogP contribution < -0.4 is 49.5 Å². The van der Waals surface area contributed by atoms with Gasteiger partial charge in [0.1, 0.15) is 24.2 Å². The van der Waals surface area contributed by atoms with Gasteiger partial charge in [0, 0.05) is 43.0 Å². The van der Waals surface area contributed by atoms with Crippen molar-refractivity contribution < 1.29 is 24.0 Å². The number of amides is 5. The Morgan fingerprint density at radius 1 is 0.618 bits per heavy atom. The third kappa shape index (κ3) is 11.4. The van der Waals surface area contributed by atoms with E-state index in [4.69, 9.17) is 22.9 Å². The van der Waals surface area contributed by atoms with Crippen LogP contribution in [0.15, 0.2) is 82.9 Å². The lowest BCUT2D eigenvalue weighted by atomic mass is 10.0. The summed E-state index contributed by atoms with van der Waals surface area (Å²) in [4.78, 5) is 80.3. The number of carbonyl (C=O) groups excluding carboxylic acids is 5. The van der Waals surface area contributed by atoms with Gasteiger partial charge in [0.2, 0.25) is 29.5 Å². The lowest BCUT2D eigenvalue weighted by Gasteiger charge is -2.26. The van der Waals surface area contributed by atoms with Gasteiger partial charge in [0.15, 0.2) is 11.9 Å². The fraction of sp³-hybridized carbons (Fsp3) is 0.342. The number of hydrogen-bond donors (Lipinski definition) is 10. The molecule has 290 valence electrons. The number of nitrogens with zero attached hydrogens (tertiary/aromatic N) is 2. The van der Waals surface area contributed by atoms with E-state index in [1.807, 2.05) is 66.7 Å². The van der Waals surface area contributed by atoms with Crippen LogP contribution in [0.2, 0.25) is 0 Å². The number of nitrogens with one attached hydrogen (secondary N) is 6. The van der Waals surface area contributed by atoms with Gasteiger partial charge in [-0.2, -0.15) is 0 Å². The Morgan fingerprint density at radius 2 is 1.18 bits per heavy atom. The molecule has 5 rings (SSSR count). The van der Waals surface area contributed by atoms with Crippen molar-refractivity contribution in [3.8, 4) is 0 Å². The van der Waals surface area contributed by atoms with Crippen LogP contribution in [0, 0.1) is 0 Å². The van der Waals surface area contributed by atoms with Crippen molar-refractivity contribution in [2.75, 3.05) is 19.6 Å². The number of fused-ring (bicyclic) bond motifs is 2. The molecule has 14 N–H and O–H groups in total. The van der Waals surface area contributed by atoms with Crippen LogP contribution >= 0.6 is 0 Å². The highest BCUT2D eigenvalue weighted by Gasteiger charge is 2.32. The third-order valence-corrected chi connectivity index (χ3v) is 9.22. The minimum absolute atomic E-state index is 0.0654. The minimum atomic E-state index is -1.16. The summed E-state index contributed by atoms with van der Waals surface area (Å²) in [5.41, 5.74) is 24.3. The molecular weight excluding hydrogens is 704 g/mol.